The van der Waals surface area contributed by atoms with Gasteiger partial charge in [0, 0.05) is 44.5 Å². The molecule has 1 saturated heterocycles. The van der Waals surface area contributed by atoms with Crippen molar-refractivity contribution >= 4 is 17.9 Å². The van der Waals surface area contributed by atoms with Gasteiger partial charge in [-0.3, -0.25) is 14.4 Å². The molecule has 1 fully saturated rings. The molecular formula is C19H19N3O3. The second kappa shape index (κ2) is 7.61. The highest BCUT2D eigenvalue weighted by atomic mass is 16.2. The van der Waals surface area contributed by atoms with Gasteiger partial charge in [0.1, 0.15) is 0 Å². The Morgan fingerprint density at radius 3 is 2.24 bits per heavy atom. The highest BCUT2D eigenvalue weighted by Crippen LogP contribution is 2.09. The first-order chi connectivity index (χ1) is 12.1. The van der Waals surface area contributed by atoms with Crippen molar-refractivity contribution in [1.29, 1.82) is 0 Å². The minimum atomic E-state index is -0.239. The predicted octanol–water partition coefficient (Wildman–Crippen LogP) is 1.37. The molecule has 1 aromatic heterocycles. The summed E-state index contributed by atoms with van der Waals surface area (Å²) in [6.07, 6.45) is 4.78. The quantitative estimate of drug-likeness (QED) is 0.860. The number of benzene rings is 1. The van der Waals surface area contributed by atoms with Crippen LogP contribution in [-0.4, -0.2) is 52.8 Å². The minimum Gasteiger partial charge on any atom is -0.336 e. The van der Waals surface area contributed by atoms with Crippen molar-refractivity contribution in [2.45, 2.75) is 0 Å². The molecule has 2 amide bonds. The minimum absolute atomic E-state index is 0.0556. The van der Waals surface area contributed by atoms with Crippen LogP contribution < -0.4 is 5.56 Å². The zero-order chi connectivity index (χ0) is 17.6. The average molecular weight is 337 g/mol. The van der Waals surface area contributed by atoms with E-state index in [0.717, 1.165) is 5.56 Å². The van der Waals surface area contributed by atoms with Gasteiger partial charge in [-0.25, -0.2) is 0 Å². The van der Waals surface area contributed by atoms with E-state index in [1.807, 2.05) is 30.3 Å². The van der Waals surface area contributed by atoms with Crippen LogP contribution >= 0.6 is 0 Å². The third-order valence-corrected chi connectivity index (χ3v) is 4.13. The number of H-pyrrole nitrogens is 1. The van der Waals surface area contributed by atoms with Crippen LogP contribution in [0.5, 0.6) is 0 Å². The van der Waals surface area contributed by atoms with Gasteiger partial charge in [0.15, 0.2) is 0 Å². The Kier molecular flexibility index (Phi) is 5.09. The highest BCUT2D eigenvalue weighted by molar-refractivity contribution is 5.94. The molecule has 0 radical (unpaired) electrons. The van der Waals surface area contributed by atoms with Crippen molar-refractivity contribution in [1.82, 2.24) is 14.8 Å². The van der Waals surface area contributed by atoms with Crippen molar-refractivity contribution in [3.05, 3.63) is 76.2 Å². The van der Waals surface area contributed by atoms with Crippen LogP contribution in [-0.2, 0) is 4.79 Å². The monoisotopic (exact) mass is 337 g/mol. The summed E-state index contributed by atoms with van der Waals surface area (Å²) in [6, 6.07) is 12.5. The van der Waals surface area contributed by atoms with Crippen molar-refractivity contribution in [3.63, 3.8) is 0 Å². The number of aromatic amines is 1. The Bertz CT molecular complexity index is 814. The smallest absolute Gasteiger partial charge is 0.255 e. The number of rotatable bonds is 3. The van der Waals surface area contributed by atoms with Crippen molar-refractivity contribution in [2.24, 2.45) is 0 Å². The van der Waals surface area contributed by atoms with Gasteiger partial charge in [0.05, 0.1) is 5.56 Å². The lowest BCUT2D eigenvalue weighted by Gasteiger charge is -2.34. The molecule has 1 aliphatic rings. The molecule has 0 unspecified atom stereocenters. The molecular weight excluding hydrogens is 318 g/mol. The third kappa shape index (κ3) is 4.23. The Morgan fingerprint density at radius 1 is 0.920 bits per heavy atom. The summed E-state index contributed by atoms with van der Waals surface area (Å²) in [5, 5.41) is 0. The second-order valence-electron chi connectivity index (χ2n) is 5.80. The molecule has 1 N–H and O–H groups in total. The van der Waals surface area contributed by atoms with Gasteiger partial charge >= 0.3 is 0 Å². The molecule has 2 aromatic rings. The fourth-order valence-electron chi connectivity index (χ4n) is 2.69. The fourth-order valence-corrected chi connectivity index (χ4v) is 2.69. The van der Waals surface area contributed by atoms with Gasteiger partial charge < -0.3 is 14.8 Å². The van der Waals surface area contributed by atoms with Gasteiger partial charge in [-0.15, -0.1) is 0 Å². The van der Waals surface area contributed by atoms with Crippen LogP contribution in [0.15, 0.2) is 59.5 Å². The van der Waals surface area contributed by atoms with Gasteiger partial charge in [-0.05, 0) is 17.7 Å². The zero-order valence-electron chi connectivity index (χ0n) is 13.7. The number of hydrogen-bond donors (Lipinski definition) is 1. The van der Waals surface area contributed by atoms with Crippen molar-refractivity contribution in [3.8, 4) is 0 Å². The number of aromatic nitrogens is 1. The van der Waals surface area contributed by atoms with E-state index in [0.29, 0.717) is 31.7 Å². The number of carbonyl (C=O) groups excluding carboxylic acids is 2. The molecule has 1 aliphatic heterocycles. The Morgan fingerprint density at radius 2 is 1.60 bits per heavy atom. The first kappa shape index (κ1) is 16.7. The number of nitrogens with zero attached hydrogens (tertiary/aromatic N) is 2. The summed E-state index contributed by atoms with van der Waals surface area (Å²) in [5.41, 5.74) is 1.18. The molecule has 6 heteroatoms. The topological polar surface area (TPSA) is 73.5 Å². The Labute approximate surface area is 145 Å². The zero-order valence-corrected chi connectivity index (χ0v) is 13.7. The summed E-state index contributed by atoms with van der Waals surface area (Å²) in [6.45, 7) is 1.94. The maximum absolute atomic E-state index is 12.4. The standard InChI is InChI=1S/C19H19N3O3/c23-17-8-7-16(14-20-17)19(25)22-12-10-21(11-13-22)18(24)9-6-15-4-2-1-3-5-15/h1-9,14H,10-13H2,(H,20,23)/b9-6-. The first-order valence-electron chi connectivity index (χ1n) is 8.13. The molecule has 0 saturated carbocycles. The molecule has 1 aromatic carbocycles. The first-order valence-corrected chi connectivity index (χ1v) is 8.13. The molecule has 2 heterocycles. The van der Waals surface area contributed by atoms with Gasteiger partial charge in [0.25, 0.3) is 5.91 Å². The van der Waals surface area contributed by atoms with E-state index in [4.69, 9.17) is 0 Å². The second-order valence-corrected chi connectivity index (χ2v) is 5.80. The maximum Gasteiger partial charge on any atom is 0.255 e. The number of piperazine rings is 1. The average Bonchev–Trinajstić information content (AvgIpc) is 2.67. The van der Waals surface area contributed by atoms with E-state index in [9.17, 15) is 14.4 Å². The number of pyridine rings is 1. The van der Waals surface area contributed by atoms with Crippen molar-refractivity contribution < 1.29 is 9.59 Å². The van der Waals surface area contributed by atoms with E-state index < -0.39 is 0 Å². The highest BCUT2D eigenvalue weighted by Gasteiger charge is 2.23. The molecule has 25 heavy (non-hydrogen) atoms. The van der Waals surface area contributed by atoms with Gasteiger partial charge in [-0.2, -0.15) is 0 Å². The van der Waals surface area contributed by atoms with Crippen LogP contribution in [0, 0.1) is 0 Å². The Balaban J connectivity index is 1.55. The lowest BCUT2D eigenvalue weighted by molar-refractivity contribution is -0.127. The molecule has 128 valence electrons. The largest absolute Gasteiger partial charge is 0.336 e. The summed E-state index contributed by atoms with van der Waals surface area (Å²) in [7, 11) is 0. The van der Waals surface area contributed by atoms with Gasteiger partial charge in [0.2, 0.25) is 11.5 Å². The lowest BCUT2D eigenvalue weighted by atomic mass is 10.2. The normalized spacial score (nSPS) is 14.7. The number of carbonyl (C=O) groups is 2. The van der Waals surface area contributed by atoms with Gasteiger partial charge in [-0.1, -0.05) is 30.3 Å². The van der Waals surface area contributed by atoms with Crippen molar-refractivity contribution in [2.75, 3.05) is 26.2 Å². The molecule has 0 aliphatic carbocycles. The van der Waals surface area contributed by atoms with E-state index in [1.54, 1.807) is 22.0 Å². The molecule has 6 nitrogen and oxygen atoms in total. The van der Waals surface area contributed by atoms with Crippen LogP contribution in [0.3, 0.4) is 0 Å². The van der Waals surface area contributed by atoms with Crippen LogP contribution in [0.25, 0.3) is 6.08 Å². The SMILES string of the molecule is O=C(/C=C\c1ccccc1)N1CCN(C(=O)c2ccc(=O)[nH]c2)CC1. The summed E-state index contributed by atoms with van der Waals surface area (Å²) in [5.74, 6) is -0.192. The fraction of sp³-hybridized carbons (Fsp3) is 0.211. The molecule has 0 spiro atoms. The molecule has 0 atom stereocenters. The Hall–Kier alpha value is -3.15. The predicted molar refractivity (Wildman–Crippen MR) is 95.0 cm³/mol. The lowest BCUT2D eigenvalue weighted by Crippen LogP contribution is -2.50. The van der Waals surface area contributed by atoms with E-state index in [1.165, 1.54) is 18.3 Å². The maximum atomic E-state index is 12.4. The number of amides is 2. The van der Waals surface area contributed by atoms with E-state index in [-0.39, 0.29) is 17.4 Å². The number of nitrogens with one attached hydrogen (secondary N) is 1. The third-order valence-electron chi connectivity index (χ3n) is 4.13. The number of hydrogen-bond acceptors (Lipinski definition) is 3. The van der Waals surface area contributed by atoms with Crippen LogP contribution in [0.1, 0.15) is 15.9 Å². The summed E-state index contributed by atoms with van der Waals surface area (Å²) in [4.78, 5) is 41.6. The summed E-state index contributed by atoms with van der Waals surface area (Å²) >= 11 is 0. The van der Waals surface area contributed by atoms with Crippen LogP contribution in [0.2, 0.25) is 0 Å². The van der Waals surface area contributed by atoms with E-state index in [2.05, 4.69) is 4.98 Å². The summed E-state index contributed by atoms with van der Waals surface area (Å²) < 4.78 is 0. The van der Waals surface area contributed by atoms with Crippen LogP contribution in [0.4, 0.5) is 0 Å². The molecule has 3 rings (SSSR count). The van der Waals surface area contributed by atoms with E-state index >= 15 is 0 Å². The molecule has 0 bridgehead atoms.